The first-order valence-electron chi connectivity index (χ1n) is 6.54. The fraction of sp³-hybridized carbons (Fsp3) is 0.188. The molecule has 0 bridgehead atoms. The van der Waals surface area contributed by atoms with Crippen LogP contribution in [0, 0.1) is 0 Å². The van der Waals surface area contributed by atoms with Crippen LogP contribution in [-0.4, -0.2) is 19.0 Å². The summed E-state index contributed by atoms with van der Waals surface area (Å²) in [6, 6.07) is 17.8. The molecule has 4 heteroatoms. The van der Waals surface area contributed by atoms with Gasteiger partial charge in [-0.2, -0.15) is 0 Å². The smallest absolute Gasteiger partial charge is 0.238 e. The molecule has 0 heterocycles. The number of benzene rings is 2. The van der Waals surface area contributed by atoms with Gasteiger partial charge in [0.2, 0.25) is 5.91 Å². The topological polar surface area (TPSA) is 41.1 Å². The summed E-state index contributed by atoms with van der Waals surface area (Å²) in [5, 5.41) is 5.99. The first kappa shape index (κ1) is 14.8. The van der Waals surface area contributed by atoms with Crippen molar-refractivity contribution in [1.82, 2.24) is 5.32 Å². The number of amides is 1. The fourth-order valence-electron chi connectivity index (χ4n) is 1.85. The van der Waals surface area contributed by atoms with Gasteiger partial charge in [-0.1, -0.05) is 52.3 Å². The van der Waals surface area contributed by atoms with Crippen molar-refractivity contribution >= 4 is 27.5 Å². The average Bonchev–Trinajstić information content (AvgIpc) is 2.45. The van der Waals surface area contributed by atoms with Gasteiger partial charge in [0.25, 0.3) is 0 Å². The molecule has 0 spiro atoms. The molecule has 0 fully saturated rings. The molecule has 0 radical (unpaired) electrons. The minimum absolute atomic E-state index is 0.0313. The maximum atomic E-state index is 11.7. The predicted octanol–water partition coefficient (Wildman–Crippen LogP) is 3.22. The van der Waals surface area contributed by atoms with Gasteiger partial charge in [-0.15, -0.1) is 0 Å². The SMILES string of the molecule is O=C(CNCCc1ccccc1)Nc1cccc(Br)c1. The maximum absolute atomic E-state index is 11.7. The normalized spacial score (nSPS) is 10.2. The maximum Gasteiger partial charge on any atom is 0.238 e. The van der Waals surface area contributed by atoms with Crippen LogP contribution in [0.15, 0.2) is 59.1 Å². The van der Waals surface area contributed by atoms with E-state index in [-0.39, 0.29) is 5.91 Å². The van der Waals surface area contributed by atoms with Gasteiger partial charge < -0.3 is 10.6 Å². The third kappa shape index (κ3) is 5.15. The summed E-state index contributed by atoms with van der Waals surface area (Å²) >= 11 is 3.37. The molecule has 104 valence electrons. The molecule has 0 atom stereocenters. The Kier molecular flexibility index (Phi) is 5.77. The van der Waals surface area contributed by atoms with Crippen molar-refractivity contribution in [2.24, 2.45) is 0 Å². The summed E-state index contributed by atoms with van der Waals surface area (Å²) in [4.78, 5) is 11.7. The Hall–Kier alpha value is -1.65. The van der Waals surface area contributed by atoms with Gasteiger partial charge in [0.15, 0.2) is 0 Å². The van der Waals surface area contributed by atoms with E-state index in [9.17, 15) is 4.79 Å². The highest BCUT2D eigenvalue weighted by Crippen LogP contribution is 2.15. The van der Waals surface area contributed by atoms with Crippen molar-refractivity contribution in [2.75, 3.05) is 18.4 Å². The monoisotopic (exact) mass is 332 g/mol. The first-order valence-corrected chi connectivity index (χ1v) is 7.33. The van der Waals surface area contributed by atoms with Crippen molar-refractivity contribution in [1.29, 1.82) is 0 Å². The highest BCUT2D eigenvalue weighted by molar-refractivity contribution is 9.10. The van der Waals surface area contributed by atoms with E-state index in [4.69, 9.17) is 0 Å². The van der Waals surface area contributed by atoms with Crippen LogP contribution in [0.25, 0.3) is 0 Å². The van der Waals surface area contributed by atoms with E-state index in [1.807, 2.05) is 42.5 Å². The molecule has 3 nitrogen and oxygen atoms in total. The minimum atomic E-state index is -0.0313. The fourth-order valence-corrected chi connectivity index (χ4v) is 2.25. The lowest BCUT2D eigenvalue weighted by atomic mass is 10.1. The van der Waals surface area contributed by atoms with Gasteiger partial charge in [0.1, 0.15) is 0 Å². The number of carbonyl (C=O) groups is 1. The van der Waals surface area contributed by atoms with E-state index >= 15 is 0 Å². The summed E-state index contributed by atoms with van der Waals surface area (Å²) in [6.07, 6.45) is 0.922. The number of nitrogens with one attached hydrogen (secondary N) is 2. The van der Waals surface area contributed by atoms with Gasteiger partial charge in [-0.3, -0.25) is 4.79 Å². The van der Waals surface area contributed by atoms with Gasteiger partial charge >= 0.3 is 0 Å². The van der Waals surface area contributed by atoms with Crippen LogP contribution in [0.5, 0.6) is 0 Å². The number of hydrogen-bond donors (Lipinski definition) is 2. The zero-order valence-corrected chi connectivity index (χ0v) is 12.7. The minimum Gasteiger partial charge on any atom is -0.325 e. The number of halogens is 1. The Balaban J connectivity index is 1.68. The summed E-state index contributed by atoms with van der Waals surface area (Å²) < 4.78 is 0.951. The van der Waals surface area contributed by atoms with E-state index in [0.717, 1.165) is 23.1 Å². The number of anilines is 1. The van der Waals surface area contributed by atoms with Crippen LogP contribution in [0.3, 0.4) is 0 Å². The largest absolute Gasteiger partial charge is 0.325 e. The van der Waals surface area contributed by atoms with Gasteiger partial charge in [0.05, 0.1) is 6.54 Å². The molecular weight excluding hydrogens is 316 g/mol. The van der Waals surface area contributed by atoms with Gasteiger partial charge in [-0.05, 0) is 36.7 Å². The van der Waals surface area contributed by atoms with E-state index in [0.29, 0.717) is 6.54 Å². The van der Waals surface area contributed by atoms with E-state index in [1.165, 1.54) is 5.56 Å². The van der Waals surface area contributed by atoms with Crippen LogP contribution in [0.1, 0.15) is 5.56 Å². The highest BCUT2D eigenvalue weighted by Gasteiger charge is 2.02. The molecular formula is C16H17BrN2O. The van der Waals surface area contributed by atoms with E-state index in [1.54, 1.807) is 0 Å². The molecule has 0 saturated carbocycles. The number of carbonyl (C=O) groups excluding carboxylic acids is 1. The van der Waals surface area contributed by atoms with Crippen molar-refractivity contribution in [3.63, 3.8) is 0 Å². The Morgan fingerprint density at radius 3 is 2.60 bits per heavy atom. The van der Waals surface area contributed by atoms with Crippen LogP contribution in [0.4, 0.5) is 5.69 Å². The summed E-state index contributed by atoms with van der Waals surface area (Å²) in [5.41, 5.74) is 2.07. The van der Waals surface area contributed by atoms with Crippen molar-refractivity contribution in [3.8, 4) is 0 Å². The number of hydrogen-bond acceptors (Lipinski definition) is 2. The van der Waals surface area contributed by atoms with Crippen LogP contribution >= 0.6 is 15.9 Å². The average molecular weight is 333 g/mol. The quantitative estimate of drug-likeness (QED) is 0.797. The first-order chi connectivity index (χ1) is 9.74. The summed E-state index contributed by atoms with van der Waals surface area (Å²) in [5.74, 6) is -0.0313. The number of rotatable bonds is 6. The van der Waals surface area contributed by atoms with Gasteiger partial charge in [0, 0.05) is 10.2 Å². The molecule has 0 saturated heterocycles. The molecule has 20 heavy (non-hydrogen) atoms. The molecule has 2 rings (SSSR count). The lowest BCUT2D eigenvalue weighted by Crippen LogP contribution is -2.29. The molecule has 0 aliphatic rings. The third-order valence-electron chi connectivity index (χ3n) is 2.83. The summed E-state index contributed by atoms with van der Waals surface area (Å²) in [6.45, 7) is 1.11. The highest BCUT2D eigenvalue weighted by atomic mass is 79.9. The lowest BCUT2D eigenvalue weighted by molar-refractivity contribution is -0.115. The molecule has 0 aliphatic heterocycles. The summed E-state index contributed by atoms with van der Waals surface area (Å²) in [7, 11) is 0. The zero-order chi connectivity index (χ0) is 14.2. The Bertz CT molecular complexity index is 557. The zero-order valence-electron chi connectivity index (χ0n) is 11.1. The van der Waals surface area contributed by atoms with Crippen LogP contribution in [0.2, 0.25) is 0 Å². The third-order valence-corrected chi connectivity index (χ3v) is 3.32. The molecule has 1 amide bonds. The van der Waals surface area contributed by atoms with Crippen molar-refractivity contribution in [2.45, 2.75) is 6.42 Å². The second-order valence-electron chi connectivity index (χ2n) is 4.47. The van der Waals surface area contributed by atoms with E-state index in [2.05, 4.69) is 38.7 Å². The second kappa shape index (κ2) is 7.82. The Morgan fingerprint density at radius 1 is 1.05 bits per heavy atom. The van der Waals surface area contributed by atoms with E-state index < -0.39 is 0 Å². The molecule has 0 aliphatic carbocycles. The molecule has 2 aromatic carbocycles. The van der Waals surface area contributed by atoms with Crippen molar-refractivity contribution in [3.05, 3.63) is 64.6 Å². The lowest BCUT2D eigenvalue weighted by Gasteiger charge is -2.07. The van der Waals surface area contributed by atoms with Crippen LogP contribution in [-0.2, 0) is 11.2 Å². The van der Waals surface area contributed by atoms with Gasteiger partial charge in [-0.25, -0.2) is 0 Å². The molecule has 0 aromatic heterocycles. The molecule has 2 N–H and O–H groups in total. The molecule has 0 unspecified atom stereocenters. The van der Waals surface area contributed by atoms with Crippen molar-refractivity contribution < 1.29 is 4.79 Å². The Morgan fingerprint density at radius 2 is 1.85 bits per heavy atom. The molecule has 2 aromatic rings. The van der Waals surface area contributed by atoms with Crippen LogP contribution < -0.4 is 10.6 Å². The second-order valence-corrected chi connectivity index (χ2v) is 5.39. The standard InChI is InChI=1S/C16H17BrN2O/c17-14-7-4-8-15(11-14)19-16(20)12-18-10-9-13-5-2-1-3-6-13/h1-8,11,18H,9-10,12H2,(H,19,20). The Labute approximate surface area is 127 Å². The predicted molar refractivity (Wildman–Crippen MR) is 85.8 cm³/mol.